The molecule has 6 nitrogen and oxygen atoms in total. The van der Waals surface area contributed by atoms with Crippen LogP contribution >= 0.6 is 0 Å². The fourth-order valence-electron chi connectivity index (χ4n) is 1.52. The SMILES string of the molecule is CS(=O)(=O)c1cnn(C(CN)c2ccco2)c1. The van der Waals surface area contributed by atoms with Crippen LogP contribution in [-0.2, 0) is 9.84 Å². The lowest BCUT2D eigenvalue weighted by molar-refractivity contribution is 0.410. The number of hydrogen-bond donors (Lipinski definition) is 1. The zero-order valence-corrected chi connectivity index (χ0v) is 10.1. The zero-order chi connectivity index (χ0) is 12.5. The average molecular weight is 255 g/mol. The Kier molecular flexibility index (Phi) is 3.03. The molecule has 0 saturated carbocycles. The Balaban J connectivity index is 2.36. The Hall–Kier alpha value is -1.60. The van der Waals surface area contributed by atoms with Gasteiger partial charge in [-0.15, -0.1) is 0 Å². The second-order valence-electron chi connectivity index (χ2n) is 3.70. The number of nitrogens with two attached hydrogens (primary N) is 1. The predicted octanol–water partition coefficient (Wildman–Crippen LogP) is 0.428. The van der Waals surface area contributed by atoms with Gasteiger partial charge in [0, 0.05) is 19.0 Å². The van der Waals surface area contributed by atoms with Gasteiger partial charge in [0.25, 0.3) is 0 Å². The fraction of sp³-hybridized carbons (Fsp3) is 0.300. The number of nitrogens with zero attached hydrogens (tertiary/aromatic N) is 2. The summed E-state index contributed by atoms with van der Waals surface area (Å²) in [7, 11) is -3.25. The van der Waals surface area contributed by atoms with Gasteiger partial charge in [0.05, 0.1) is 12.5 Å². The monoisotopic (exact) mass is 255 g/mol. The first kappa shape index (κ1) is 11.9. The highest BCUT2D eigenvalue weighted by Crippen LogP contribution is 2.18. The highest BCUT2D eigenvalue weighted by molar-refractivity contribution is 7.90. The third kappa shape index (κ3) is 2.40. The smallest absolute Gasteiger partial charge is 0.178 e. The van der Waals surface area contributed by atoms with Gasteiger partial charge in [-0.05, 0) is 12.1 Å². The average Bonchev–Trinajstić information content (AvgIpc) is 2.87. The molecule has 0 aromatic carbocycles. The molecule has 2 aromatic heterocycles. The lowest BCUT2D eigenvalue weighted by atomic mass is 10.2. The van der Waals surface area contributed by atoms with Gasteiger partial charge in [0.1, 0.15) is 16.7 Å². The van der Waals surface area contributed by atoms with Crippen molar-refractivity contribution in [3.05, 3.63) is 36.5 Å². The van der Waals surface area contributed by atoms with Crippen LogP contribution in [0.4, 0.5) is 0 Å². The Bertz CT molecular complexity index is 586. The summed E-state index contributed by atoms with van der Waals surface area (Å²) in [6.45, 7) is 0.276. The largest absolute Gasteiger partial charge is 0.467 e. The zero-order valence-electron chi connectivity index (χ0n) is 9.28. The molecule has 1 atom stereocenters. The molecular weight excluding hydrogens is 242 g/mol. The predicted molar refractivity (Wildman–Crippen MR) is 61.2 cm³/mol. The highest BCUT2D eigenvalue weighted by atomic mass is 32.2. The number of hydrogen-bond acceptors (Lipinski definition) is 5. The molecular formula is C10H13N3O3S. The summed E-state index contributed by atoms with van der Waals surface area (Å²) in [4.78, 5) is 0.169. The van der Waals surface area contributed by atoms with E-state index in [0.717, 1.165) is 6.26 Å². The van der Waals surface area contributed by atoms with E-state index in [-0.39, 0.29) is 17.5 Å². The van der Waals surface area contributed by atoms with Crippen molar-refractivity contribution in [2.24, 2.45) is 5.73 Å². The van der Waals surface area contributed by atoms with E-state index in [1.54, 1.807) is 18.4 Å². The van der Waals surface area contributed by atoms with Crippen LogP contribution in [0.5, 0.6) is 0 Å². The maximum absolute atomic E-state index is 11.3. The van der Waals surface area contributed by atoms with Crippen molar-refractivity contribution in [2.45, 2.75) is 10.9 Å². The van der Waals surface area contributed by atoms with Gasteiger partial charge in [-0.3, -0.25) is 4.68 Å². The molecule has 2 N–H and O–H groups in total. The molecule has 7 heteroatoms. The van der Waals surface area contributed by atoms with Crippen molar-refractivity contribution in [1.29, 1.82) is 0 Å². The molecule has 0 bridgehead atoms. The molecule has 2 rings (SSSR count). The van der Waals surface area contributed by atoms with Gasteiger partial charge < -0.3 is 10.2 Å². The second-order valence-corrected chi connectivity index (χ2v) is 5.71. The summed E-state index contributed by atoms with van der Waals surface area (Å²) in [6, 6.07) is 3.23. The van der Waals surface area contributed by atoms with Crippen molar-refractivity contribution in [2.75, 3.05) is 12.8 Å². The Morgan fingerprint density at radius 2 is 2.35 bits per heavy atom. The molecule has 2 heterocycles. The lowest BCUT2D eigenvalue weighted by Crippen LogP contribution is -2.20. The van der Waals surface area contributed by atoms with E-state index in [1.165, 1.54) is 17.1 Å². The van der Waals surface area contributed by atoms with Crippen LogP contribution in [0.3, 0.4) is 0 Å². The summed E-state index contributed by atoms with van der Waals surface area (Å²) in [5.41, 5.74) is 5.64. The van der Waals surface area contributed by atoms with E-state index in [4.69, 9.17) is 10.2 Å². The van der Waals surface area contributed by atoms with Crippen LogP contribution in [0.1, 0.15) is 11.8 Å². The molecule has 0 radical (unpaired) electrons. The molecule has 17 heavy (non-hydrogen) atoms. The molecule has 0 fully saturated rings. The van der Waals surface area contributed by atoms with E-state index in [0.29, 0.717) is 5.76 Å². The van der Waals surface area contributed by atoms with Crippen LogP contribution in [-0.4, -0.2) is 31.0 Å². The van der Waals surface area contributed by atoms with Crippen molar-refractivity contribution >= 4 is 9.84 Å². The molecule has 0 aliphatic heterocycles. The Morgan fingerprint density at radius 3 is 2.82 bits per heavy atom. The molecule has 2 aromatic rings. The van der Waals surface area contributed by atoms with E-state index >= 15 is 0 Å². The van der Waals surface area contributed by atoms with Gasteiger partial charge in [-0.25, -0.2) is 8.42 Å². The second kappa shape index (κ2) is 4.34. The van der Waals surface area contributed by atoms with Crippen LogP contribution in [0, 0.1) is 0 Å². The summed E-state index contributed by atoms with van der Waals surface area (Å²) < 4.78 is 29.4. The normalized spacial score (nSPS) is 13.8. The van der Waals surface area contributed by atoms with Gasteiger partial charge in [-0.2, -0.15) is 5.10 Å². The van der Waals surface area contributed by atoms with Crippen molar-refractivity contribution < 1.29 is 12.8 Å². The van der Waals surface area contributed by atoms with E-state index in [9.17, 15) is 8.42 Å². The van der Waals surface area contributed by atoms with Crippen molar-refractivity contribution in [1.82, 2.24) is 9.78 Å². The van der Waals surface area contributed by atoms with E-state index in [1.807, 2.05) is 0 Å². The van der Waals surface area contributed by atoms with Gasteiger partial charge in [-0.1, -0.05) is 0 Å². The van der Waals surface area contributed by atoms with Crippen LogP contribution in [0.15, 0.2) is 40.1 Å². The van der Waals surface area contributed by atoms with Gasteiger partial charge in [0.15, 0.2) is 9.84 Å². The third-order valence-corrected chi connectivity index (χ3v) is 3.49. The summed E-state index contributed by atoms with van der Waals surface area (Å²) in [6.07, 6.45) is 5.44. The Morgan fingerprint density at radius 1 is 1.59 bits per heavy atom. The van der Waals surface area contributed by atoms with Gasteiger partial charge >= 0.3 is 0 Å². The summed E-state index contributed by atoms with van der Waals surface area (Å²) in [5.74, 6) is 0.649. The minimum absolute atomic E-state index is 0.169. The first-order valence-electron chi connectivity index (χ1n) is 5.00. The topological polar surface area (TPSA) is 91.1 Å². The number of furan rings is 1. The number of sulfone groups is 1. The van der Waals surface area contributed by atoms with Crippen molar-refractivity contribution in [3.8, 4) is 0 Å². The lowest BCUT2D eigenvalue weighted by Gasteiger charge is -2.12. The summed E-state index contributed by atoms with van der Waals surface area (Å²) in [5, 5.41) is 4.01. The molecule has 0 aliphatic rings. The molecule has 0 amide bonds. The Labute approximate surface area is 99.0 Å². The van der Waals surface area contributed by atoms with Gasteiger partial charge in [0.2, 0.25) is 0 Å². The van der Waals surface area contributed by atoms with Crippen LogP contribution in [0.25, 0.3) is 0 Å². The van der Waals surface area contributed by atoms with E-state index < -0.39 is 9.84 Å². The summed E-state index contributed by atoms with van der Waals surface area (Å²) >= 11 is 0. The minimum Gasteiger partial charge on any atom is -0.467 e. The molecule has 1 unspecified atom stereocenters. The first-order chi connectivity index (χ1) is 8.02. The molecule has 0 saturated heterocycles. The fourth-order valence-corrected chi connectivity index (χ4v) is 2.06. The van der Waals surface area contributed by atoms with Crippen molar-refractivity contribution in [3.63, 3.8) is 0 Å². The van der Waals surface area contributed by atoms with Crippen LogP contribution in [0.2, 0.25) is 0 Å². The maximum Gasteiger partial charge on any atom is 0.178 e. The number of aromatic nitrogens is 2. The third-order valence-electron chi connectivity index (χ3n) is 2.42. The molecule has 92 valence electrons. The van der Waals surface area contributed by atoms with Crippen LogP contribution < -0.4 is 5.73 Å². The first-order valence-corrected chi connectivity index (χ1v) is 6.89. The maximum atomic E-state index is 11.3. The molecule has 0 aliphatic carbocycles. The quantitative estimate of drug-likeness (QED) is 0.855. The standard InChI is InChI=1S/C10H13N3O3S/c1-17(14,15)8-6-12-13(7-8)9(5-11)10-3-2-4-16-10/h2-4,6-7,9H,5,11H2,1H3. The molecule has 0 spiro atoms. The minimum atomic E-state index is -3.25. The highest BCUT2D eigenvalue weighted by Gasteiger charge is 2.18. The van der Waals surface area contributed by atoms with E-state index in [2.05, 4.69) is 5.10 Å². The number of rotatable bonds is 4.